The molecule has 0 unspecified atom stereocenters. The zero-order chi connectivity index (χ0) is 15.0. The number of halogens is 2. The molecule has 0 saturated carbocycles. The van der Waals surface area contributed by atoms with E-state index in [2.05, 4.69) is 4.90 Å². The lowest BCUT2D eigenvalue weighted by Crippen LogP contribution is -2.52. The SMILES string of the molecule is CN1C(=O)COC12CCN(Cc1ccc(F)cc1F)CC2. The number of piperidine rings is 1. The van der Waals surface area contributed by atoms with Crippen LogP contribution in [0.4, 0.5) is 8.78 Å². The van der Waals surface area contributed by atoms with Gasteiger partial charge in [0.2, 0.25) is 0 Å². The van der Waals surface area contributed by atoms with Crippen molar-refractivity contribution in [3.8, 4) is 0 Å². The first-order chi connectivity index (χ1) is 10.00. The quantitative estimate of drug-likeness (QED) is 0.833. The van der Waals surface area contributed by atoms with Crippen LogP contribution in [0.1, 0.15) is 18.4 Å². The molecule has 2 fully saturated rings. The molecule has 2 aliphatic heterocycles. The molecule has 1 spiro atoms. The third-order valence-electron chi connectivity index (χ3n) is 4.50. The number of nitrogens with zero attached hydrogens (tertiary/aromatic N) is 2. The first kappa shape index (κ1) is 14.4. The second-order valence-corrected chi connectivity index (χ2v) is 5.70. The second-order valence-electron chi connectivity index (χ2n) is 5.70. The zero-order valence-electron chi connectivity index (χ0n) is 11.9. The first-order valence-corrected chi connectivity index (χ1v) is 7.07. The van der Waals surface area contributed by atoms with E-state index >= 15 is 0 Å². The van der Waals surface area contributed by atoms with Crippen LogP contribution in [0.25, 0.3) is 0 Å². The van der Waals surface area contributed by atoms with Crippen molar-refractivity contribution < 1.29 is 18.3 Å². The molecular formula is C15H18F2N2O2. The number of likely N-dealkylation sites (N-methyl/N-ethyl adjacent to an activating group) is 1. The van der Waals surface area contributed by atoms with Gasteiger partial charge in [-0.3, -0.25) is 9.69 Å². The van der Waals surface area contributed by atoms with Gasteiger partial charge in [0.15, 0.2) is 0 Å². The summed E-state index contributed by atoms with van der Waals surface area (Å²) in [5.74, 6) is -1.07. The van der Waals surface area contributed by atoms with Crippen LogP contribution in [-0.2, 0) is 16.1 Å². The third kappa shape index (κ3) is 2.65. The number of likely N-dealkylation sites (tertiary alicyclic amines) is 1. The molecule has 0 aromatic heterocycles. The molecule has 0 aliphatic carbocycles. The van der Waals surface area contributed by atoms with Crippen LogP contribution >= 0.6 is 0 Å². The summed E-state index contributed by atoms with van der Waals surface area (Å²) in [5.41, 5.74) is -0.00122. The maximum absolute atomic E-state index is 13.7. The highest BCUT2D eigenvalue weighted by Crippen LogP contribution is 2.33. The summed E-state index contributed by atoms with van der Waals surface area (Å²) < 4.78 is 32.2. The molecule has 114 valence electrons. The van der Waals surface area contributed by atoms with Crippen molar-refractivity contribution >= 4 is 5.91 Å². The highest BCUT2D eigenvalue weighted by atomic mass is 19.1. The van der Waals surface area contributed by atoms with Crippen LogP contribution in [0.3, 0.4) is 0 Å². The molecule has 1 aromatic rings. The highest BCUT2D eigenvalue weighted by molar-refractivity contribution is 5.79. The number of carbonyl (C=O) groups excluding carboxylic acids is 1. The number of rotatable bonds is 2. The molecule has 2 aliphatic rings. The molecule has 0 bridgehead atoms. The van der Waals surface area contributed by atoms with Crippen LogP contribution in [0, 0.1) is 11.6 Å². The number of benzene rings is 1. The van der Waals surface area contributed by atoms with Gasteiger partial charge in [-0.25, -0.2) is 8.78 Å². The largest absolute Gasteiger partial charge is 0.346 e. The van der Waals surface area contributed by atoms with Gasteiger partial charge >= 0.3 is 0 Å². The Morgan fingerprint density at radius 3 is 2.57 bits per heavy atom. The van der Waals surface area contributed by atoms with Gasteiger partial charge in [-0.15, -0.1) is 0 Å². The molecule has 1 amide bonds. The Balaban J connectivity index is 1.63. The van der Waals surface area contributed by atoms with Crippen LogP contribution < -0.4 is 0 Å². The van der Waals surface area contributed by atoms with Gasteiger partial charge < -0.3 is 9.64 Å². The van der Waals surface area contributed by atoms with Crippen molar-refractivity contribution in [1.82, 2.24) is 9.80 Å². The van der Waals surface area contributed by atoms with E-state index in [0.29, 0.717) is 38.0 Å². The van der Waals surface area contributed by atoms with E-state index in [1.807, 2.05) is 0 Å². The van der Waals surface area contributed by atoms with Crippen LogP contribution in [-0.4, -0.2) is 48.2 Å². The molecule has 4 nitrogen and oxygen atoms in total. The van der Waals surface area contributed by atoms with Gasteiger partial charge in [0.05, 0.1) is 0 Å². The summed E-state index contributed by atoms with van der Waals surface area (Å²) in [5, 5.41) is 0. The van der Waals surface area contributed by atoms with E-state index in [0.717, 1.165) is 6.07 Å². The Morgan fingerprint density at radius 2 is 2.00 bits per heavy atom. The fraction of sp³-hybridized carbons (Fsp3) is 0.533. The highest BCUT2D eigenvalue weighted by Gasteiger charge is 2.46. The lowest BCUT2D eigenvalue weighted by Gasteiger charge is -2.42. The minimum Gasteiger partial charge on any atom is -0.346 e. The van der Waals surface area contributed by atoms with Gasteiger partial charge in [-0.05, 0) is 6.07 Å². The van der Waals surface area contributed by atoms with Crippen molar-refractivity contribution in [1.29, 1.82) is 0 Å². The maximum Gasteiger partial charge on any atom is 0.250 e. The van der Waals surface area contributed by atoms with E-state index in [1.54, 1.807) is 11.9 Å². The summed E-state index contributed by atoms with van der Waals surface area (Å²) in [7, 11) is 1.77. The zero-order valence-corrected chi connectivity index (χ0v) is 11.9. The molecule has 21 heavy (non-hydrogen) atoms. The Labute approximate surface area is 122 Å². The normalized spacial score (nSPS) is 22.2. The Hall–Kier alpha value is -1.53. The molecule has 6 heteroatoms. The molecule has 3 rings (SSSR count). The molecule has 0 radical (unpaired) electrons. The average Bonchev–Trinajstić information content (AvgIpc) is 2.73. The van der Waals surface area contributed by atoms with Crippen LogP contribution in [0.15, 0.2) is 18.2 Å². The summed E-state index contributed by atoms with van der Waals surface area (Å²) in [4.78, 5) is 15.4. The summed E-state index contributed by atoms with van der Waals surface area (Å²) >= 11 is 0. The van der Waals surface area contributed by atoms with Crippen molar-refractivity contribution in [2.75, 3.05) is 26.7 Å². The minimum atomic E-state index is -0.562. The molecule has 0 atom stereocenters. The Kier molecular flexibility index (Phi) is 3.67. The third-order valence-corrected chi connectivity index (χ3v) is 4.50. The number of amides is 1. The lowest BCUT2D eigenvalue weighted by atomic mass is 9.99. The maximum atomic E-state index is 13.7. The minimum absolute atomic E-state index is 0.00743. The summed E-state index contributed by atoms with van der Waals surface area (Å²) in [6, 6.07) is 3.67. The Bertz CT molecular complexity index is 557. The van der Waals surface area contributed by atoms with E-state index in [9.17, 15) is 13.6 Å². The number of hydrogen-bond donors (Lipinski definition) is 0. The average molecular weight is 296 g/mol. The molecule has 2 heterocycles. The van der Waals surface area contributed by atoms with Crippen LogP contribution in [0.5, 0.6) is 0 Å². The van der Waals surface area contributed by atoms with Crippen LogP contribution in [0.2, 0.25) is 0 Å². The number of carbonyl (C=O) groups is 1. The number of hydrogen-bond acceptors (Lipinski definition) is 3. The molecular weight excluding hydrogens is 278 g/mol. The summed E-state index contributed by atoms with van der Waals surface area (Å²) in [6.45, 7) is 2.02. The molecule has 1 aromatic carbocycles. The fourth-order valence-corrected chi connectivity index (χ4v) is 3.05. The topological polar surface area (TPSA) is 32.8 Å². The lowest BCUT2D eigenvalue weighted by molar-refractivity contribution is -0.136. The van der Waals surface area contributed by atoms with Crippen molar-refractivity contribution in [3.63, 3.8) is 0 Å². The second kappa shape index (κ2) is 5.35. The van der Waals surface area contributed by atoms with E-state index in [1.165, 1.54) is 12.1 Å². The monoisotopic (exact) mass is 296 g/mol. The van der Waals surface area contributed by atoms with Crippen molar-refractivity contribution in [2.24, 2.45) is 0 Å². The fourth-order valence-electron chi connectivity index (χ4n) is 3.05. The molecule has 0 N–H and O–H groups in total. The smallest absolute Gasteiger partial charge is 0.250 e. The van der Waals surface area contributed by atoms with E-state index in [-0.39, 0.29) is 12.5 Å². The van der Waals surface area contributed by atoms with E-state index < -0.39 is 17.4 Å². The van der Waals surface area contributed by atoms with E-state index in [4.69, 9.17) is 4.74 Å². The Morgan fingerprint density at radius 1 is 1.29 bits per heavy atom. The van der Waals surface area contributed by atoms with Crippen molar-refractivity contribution in [3.05, 3.63) is 35.4 Å². The predicted octanol–water partition coefficient (Wildman–Crippen LogP) is 1.75. The van der Waals surface area contributed by atoms with Gasteiger partial charge in [0, 0.05) is 51.2 Å². The van der Waals surface area contributed by atoms with Crippen molar-refractivity contribution in [2.45, 2.75) is 25.1 Å². The standard InChI is InChI=1S/C15H18F2N2O2/c1-18-14(20)10-21-15(18)4-6-19(7-5-15)9-11-2-3-12(16)8-13(11)17/h2-3,8H,4-7,9-10H2,1H3. The van der Waals surface area contributed by atoms with Gasteiger partial charge in [0.1, 0.15) is 24.0 Å². The summed E-state index contributed by atoms with van der Waals surface area (Å²) in [6.07, 6.45) is 1.41. The first-order valence-electron chi connectivity index (χ1n) is 7.07. The number of ether oxygens (including phenoxy) is 1. The predicted molar refractivity (Wildman–Crippen MR) is 72.3 cm³/mol. The van der Waals surface area contributed by atoms with Gasteiger partial charge in [-0.1, -0.05) is 6.07 Å². The molecule has 2 saturated heterocycles. The van der Waals surface area contributed by atoms with Gasteiger partial charge in [-0.2, -0.15) is 0 Å². The van der Waals surface area contributed by atoms with Gasteiger partial charge in [0.25, 0.3) is 5.91 Å².